The highest BCUT2D eigenvalue weighted by Gasteiger charge is 2.30. The predicted molar refractivity (Wildman–Crippen MR) is 94.3 cm³/mol. The molecule has 2 heterocycles. The Morgan fingerprint density at radius 2 is 1.12 bits per heavy atom. The van der Waals surface area contributed by atoms with E-state index in [1.54, 1.807) is 0 Å². The van der Waals surface area contributed by atoms with Crippen molar-refractivity contribution in [2.75, 3.05) is 26.4 Å². The molecule has 2 atom stereocenters. The third-order valence-corrected chi connectivity index (χ3v) is 4.35. The second-order valence-electron chi connectivity index (χ2n) is 8.88. The van der Waals surface area contributed by atoms with Gasteiger partial charge in [-0.25, -0.2) is 0 Å². The summed E-state index contributed by atoms with van der Waals surface area (Å²) in [7, 11) is 0. The molecule has 0 unspecified atom stereocenters. The first-order valence-corrected chi connectivity index (χ1v) is 8.82. The van der Waals surface area contributed by atoms with Gasteiger partial charge in [0.25, 0.3) is 0 Å². The van der Waals surface area contributed by atoms with Crippen molar-refractivity contribution >= 4 is 0 Å². The van der Waals surface area contributed by atoms with Crippen molar-refractivity contribution in [1.82, 2.24) is 0 Å². The Morgan fingerprint density at radius 3 is 1.38 bits per heavy atom. The molecule has 0 spiro atoms. The molecule has 2 fully saturated rings. The van der Waals surface area contributed by atoms with Gasteiger partial charge in [-0.15, -0.1) is 0 Å². The first kappa shape index (κ1) is 17.6. The Bertz CT molecular complexity index is 533. The Morgan fingerprint density at radius 1 is 0.792 bits per heavy atom. The average molecular weight is 334 g/mol. The summed E-state index contributed by atoms with van der Waals surface area (Å²) in [6, 6.07) is 4.32. The van der Waals surface area contributed by atoms with Crippen LogP contribution in [0.4, 0.5) is 0 Å². The van der Waals surface area contributed by atoms with Crippen molar-refractivity contribution in [1.29, 1.82) is 0 Å². The van der Waals surface area contributed by atoms with Crippen molar-refractivity contribution in [3.63, 3.8) is 0 Å². The van der Waals surface area contributed by atoms with Crippen LogP contribution in [0.25, 0.3) is 0 Å². The fourth-order valence-corrected chi connectivity index (χ4v) is 2.66. The zero-order chi connectivity index (χ0) is 17.5. The van der Waals surface area contributed by atoms with E-state index in [9.17, 15) is 0 Å². The van der Waals surface area contributed by atoms with Crippen molar-refractivity contribution in [3.05, 3.63) is 23.3 Å². The van der Waals surface area contributed by atoms with E-state index in [0.29, 0.717) is 13.2 Å². The molecule has 134 valence electrons. The Hall–Kier alpha value is -1.26. The van der Waals surface area contributed by atoms with Gasteiger partial charge in [0.15, 0.2) is 0 Å². The molecule has 1 aromatic rings. The molecule has 2 aliphatic rings. The van der Waals surface area contributed by atoms with Gasteiger partial charge in [-0.3, -0.25) is 0 Å². The molecule has 4 nitrogen and oxygen atoms in total. The van der Waals surface area contributed by atoms with Crippen LogP contribution in [0.2, 0.25) is 0 Å². The highest BCUT2D eigenvalue weighted by atomic mass is 16.6. The molecule has 0 amide bonds. The van der Waals surface area contributed by atoms with Crippen LogP contribution in [-0.2, 0) is 20.3 Å². The maximum Gasteiger partial charge on any atom is 0.123 e. The number of rotatable bonds is 6. The number of epoxide rings is 2. The Labute approximate surface area is 145 Å². The first-order chi connectivity index (χ1) is 11.1. The minimum absolute atomic E-state index is 0.0235. The van der Waals surface area contributed by atoms with Crippen LogP contribution in [0.5, 0.6) is 11.5 Å². The molecule has 0 aliphatic carbocycles. The Balaban J connectivity index is 1.95. The van der Waals surface area contributed by atoms with Crippen LogP contribution >= 0.6 is 0 Å². The van der Waals surface area contributed by atoms with Crippen LogP contribution in [0.3, 0.4) is 0 Å². The topological polar surface area (TPSA) is 43.5 Å². The number of ether oxygens (including phenoxy) is 4. The molecule has 24 heavy (non-hydrogen) atoms. The fourth-order valence-electron chi connectivity index (χ4n) is 2.66. The van der Waals surface area contributed by atoms with E-state index in [0.717, 1.165) is 24.7 Å². The highest BCUT2D eigenvalue weighted by Crippen LogP contribution is 2.41. The summed E-state index contributed by atoms with van der Waals surface area (Å²) < 4.78 is 22.8. The molecule has 0 aromatic heterocycles. The quantitative estimate of drug-likeness (QED) is 0.742. The number of hydrogen-bond acceptors (Lipinski definition) is 4. The lowest BCUT2D eigenvalue weighted by Crippen LogP contribution is -2.20. The zero-order valence-corrected chi connectivity index (χ0v) is 15.8. The standard InChI is InChI=1S/C20H30O4/c1-19(2,3)15-7-18(24-12-14-10-22-14)16(20(4,5)6)8-17(15)23-11-13-9-21-13/h7-8,13-14H,9-12H2,1-6H3/t13-,14-/m0/s1. The van der Waals surface area contributed by atoms with Gasteiger partial charge in [0.05, 0.1) is 13.2 Å². The van der Waals surface area contributed by atoms with Gasteiger partial charge >= 0.3 is 0 Å². The summed E-state index contributed by atoms with van der Waals surface area (Å²) in [6.07, 6.45) is 0.498. The summed E-state index contributed by atoms with van der Waals surface area (Å²) in [5.41, 5.74) is 2.29. The average Bonchev–Trinajstić information content (AvgIpc) is 3.34. The summed E-state index contributed by atoms with van der Waals surface area (Å²) in [5.74, 6) is 1.89. The van der Waals surface area contributed by atoms with Crippen molar-refractivity contribution in [3.8, 4) is 11.5 Å². The molecular weight excluding hydrogens is 304 g/mol. The molecular formula is C20H30O4. The predicted octanol–water partition coefficient (Wildman–Crippen LogP) is 3.84. The van der Waals surface area contributed by atoms with E-state index in [1.807, 2.05) is 0 Å². The molecule has 1 aromatic carbocycles. The third-order valence-electron chi connectivity index (χ3n) is 4.35. The van der Waals surface area contributed by atoms with Gasteiger partial charge in [-0.1, -0.05) is 41.5 Å². The van der Waals surface area contributed by atoms with E-state index in [4.69, 9.17) is 18.9 Å². The minimum atomic E-state index is -0.0235. The van der Waals surface area contributed by atoms with E-state index in [1.165, 1.54) is 11.1 Å². The molecule has 2 aliphatic heterocycles. The molecule has 3 rings (SSSR count). The Kier molecular flexibility index (Phi) is 4.56. The van der Waals surface area contributed by atoms with Crippen molar-refractivity contribution in [2.24, 2.45) is 0 Å². The normalized spacial score (nSPS) is 23.1. The van der Waals surface area contributed by atoms with Gasteiger partial charge in [-0.05, 0) is 23.0 Å². The fraction of sp³-hybridized carbons (Fsp3) is 0.700. The van der Waals surface area contributed by atoms with Crippen LogP contribution in [0.1, 0.15) is 52.7 Å². The van der Waals surface area contributed by atoms with E-state index in [2.05, 4.69) is 53.7 Å². The van der Waals surface area contributed by atoms with Gasteiger partial charge < -0.3 is 18.9 Å². The van der Waals surface area contributed by atoms with Gasteiger partial charge in [-0.2, -0.15) is 0 Å². The van der Waals surface area contributed by atoms with E-state index in [-0.39, 0.29) is 23.0 Å². The second kappa shape index (κ2) is 6.23. The van der Waals surface area contributed by atoms with Crippen molar-refractivity contribution < 1.29 is 18.9 Å². The molecule has 2 saturated heterocycles. The lowest BCUT2D eigenvalue weighted by molar-refractivity contribution is 0.249. The molecule has 0 bridgehead atoms. The van der Waals surface area contributed by atoms with Gasteiger partial charge in [0, 0.05) is 11.1 Å². The monoisotopic (exact) mass is 334 g/mol. The molecule has 0 saturated carbocycles. The first-order valence-electron chi connectivity index (χ1n) is 8.82. The van der Waals surface area contributed by atoms with E-state index < -0.39 is 0 Å². The van der Waals surface area contributed by atoms with Crippen LogP contribution in [0.15, 0.2) is 12.1 Å². The van der Waals surface area contributed by atoms with Gasteiger partial charge in [0.1, 0.15) is 36.9 Å². The summed E-state index contributed by atoms with van der Waals surface area (Å²) >= 11 is 0. The van der Waals surface area contributed by atoms with Crippen molar-refractivity contribution in [2.45, 2.75) is 64.6 Å². The zero-order valence-electron chi connectivity index (χ0n) is 15.8. The maximum absolute atomic E-state index is 6.11. The highest BCUT2D eigenvalue weighted by molar-refractivity contribution is 5.51. The summed E-state index contributed by atoms with van der Waals surface area (Å²) in [6.45, 7) is 16.0. The van der Waals surface area contributed by atoms with Crippen LogP contribution < -0.4 is 9.47 Å². The lowest BCUT2D eigenvalue weighted by Gasteiger charge is -2.29. The summed E-state index contributed by atoms with van der Waals surface area (Å²) in [5, 5.41) is 0. The van der Waals surface area contributed by atoms with Crippen LogP contribution in [-0.4, -0.2) is 38.6 Å². The SMILES string of the molecule is CC(C)(C)c1cc(OC[C@@H]2CO2)c(C(C)(C)C)cc1OC[C@@H]1CO1. The van der Waals surface area contributed by atoms with Gasteiger partial charge in [0.2, 0.25) is 0 Å². The third kappa shape index (κ3) is 4.42. The number of hydrogen-bond donors (Lipinski definition) is 0. The largest absolute Gasteiger partial charge is 0.490 e. The van der Waals surface area contributed by atoms with Crippen LogP contribution in [0, 0.1) is 0 Å². The smallest absolute Gasteiger partial charge is 0.123 e. The van der Waals surface area contributed by atoms with E-state index >= 15 is 0 Å². The summed E-state index contributed by atoms with van der Waals surface area (Å²) in [4.78, 5) is 0. The second-order valence-corrected chi connectivity index (χ2v) is 8.88. The number of benzene rings is 1. The molecule has 0 radical (unpaired) electrons. The molecule has 0 N–H and O–H groups in total. The minimum Gasteiger partial charge on any atom is -0.490 e. The maximum atomic E-state index is 6.11. The molecule has 4 heteroatoms. The lowest BCUT2D eigenvalue weighted by atomic mass is 9.81.